The minimum absolute atomic E-state index is 0.00307. The fourth-order valence-corrected chi connectivity index (χ4v) is 3.99. The number of rotatable bonds is 2. The van der Waals surface area contributed by atoms with Crippen LogP contribution in [-0.2, 0) is 4.79 Å². The number of carbonyl (C=O) groups is 2. The number of fused-ring (bicyclic) bond motifs is 1. The summed E-state index contributed by atoms with van der Waals surface area (Å²) in [7, 11) is 0. The van der Waals surface area contributed by atoms with Crippen molar-refractivity contribution in [3.63, 3.8) is 0 Å². The Labute approximate surface area is 155 Å². The molecule has 3 aromatic rings. The summed E-state index contributed by atoms with van der Waals surface area (Å²) in [6, 6.07) is 13.9. The summed E-state index contributed by atoms with van der Waals surface area (Å²) >= 11 is 1.69. The monoisotopic (exact) mass is 365 g/mol. The van der Waals surface area contributed by atoms with Crippen LogP contribution in [0.15, 0.2) is 42.5 Å². The van der Waals surface area contributed by atoms with E-state index in [0.717, 1.165) is 21.7 Å². The molecule has 4 rings (SSSR count). The molecule has 1 fully saturated rings. The summed E-state index contributed by atoms with van der Waals surface area (Å²) in [6.45, 7) is 3.53. The highest BCUT2D eigenvalue weighted by Crippen LogP contribution is 2.28. The Morgan fingerprint density at radius 2 is 1.88 bits per heavy atom. The second-order valence-electron chi connectivity index (χ2n) is 6.38. The zero-order chi connectivity index (χ0) is 18.1. The highest BCUT2D eigenvalue weighted by molar-refractivity contribution is 7.18. The number of aryl methyl sites for hydroxylation is 1. The smallest absolute Gasteiger partial charge is 0.253 e. The number of nitrogens with zero attached hydrogens (tertiary/aromatic N) is 2. The van der Waals surface area contributed by atoms with Gasteiger partial charge < -0.3 is 10.2 Å². The van der Waals surface area contributed by atoms with Gasteiger partial charge in [-0.15, -0.1) is 11.3 Å². The van der Waals surface area contributed by atoms with Gasteiger partial charge in [0.2, 0.25) is 5.91 Å². The van der Waals surface area contributed by atoms with Crippen LogP contribution in [0.5, 0.6) is 0 Å². The first-order valence-corrected chi connectivity index (χ1v) is 9.45. The van der Waals surface area contributed by atoms with E-state index in [9.17, 15) is 9.59 Å². The quantitative estimate of drug-likeness (QED) is 0.758. The molecule has 1 saturated heterocycles. The van der Waals surface area contributed by atoms with E-state index < -0.39 is 0 Å². The molecule has 26 heavy (non-hydrogen) atoms. The Morgan fingerprint density at radius 3 is 2.69 bits per heavy atom. The molecule has 0 spiro atoms. The van der Waals surface area contributed by atoms with Crippen molar-refractivity contribution in [1.82, 2.24) is 15.2 Å². The van der Waals surface area contributed by atoms with Crippen LogP contribution in [-0.4, -0.2) is 41.3 Å². The van der Waals surface area contributed by atoms with E-state index in [4.69, 9.17) is 0 Å². The van der Waals surface area contributed by atoms with Crippen LogP contribution < -0.4 is 5.32 Å². The maximum atomic E-state index is 12.7. The number of carbonyl (C=O) groups excluding carboxylic acids is 2. The maximum Gasteiger partial charge on any atom is 0.253 e. The minimum atomic E-state index is -0.0290. The second kappa shape index (κ2) is 6.88. The summed E-state index contributed by atoms with van der Waals surface area (Å²) in [4.78, 5) is 30.4. The normalized spacial score (nSPS) is 15.0. The molecular weight excluding hydrogens is 346 g/mol. The third kappa shape index (κ3) is 3.32. The molecule has 2 heterocycles. The van der Waals surface area contributed by atoms with E-state index >= 15 is 0 Å². The topological polar surface area (TPSA) is 62.3 Å². The Bertz CT molecular complexity index is 978. The van der Waals surface area contributed by atoms with Crippen LogP contribution in [0.1, 0.15) is 21.8 Å². The number of aromatic nitrogens is 1. The summed E-state index contributed by atoms with van der Waals surface area (Å²) in [5, 5.41) is 3.85. The van der Waals surface area contributed by atoms with E-state index in [0.29, 0.717) is 31.6 Å². The first kappa shape index (κ1) is 16.7. The van der Waals surface area contributed by atoms with Crippen molar-refractivity contribution in [1.29, 1.82) is 0 Å². The molecule has 1 aliphatic rings. The highest BCUT2D eigenvalue weighted by Gasteiger charge is 2.19. The van der Waals surface area contributed by atoms with Gasteiger partial charge >= 0.3 is 0 Å². The van der Waals surface area contributed by atoms with Gasteiger partial charge in [-0.25, -0.2) is 4.98 Å². The van der Waals surface area contributed by atoms with Crippen molar-refractivity contribution in [2.24, 2.45) is 0 Å². The Hall–Kier alpha value is -2.73. The zero-order valence-electron chi connectivity index (χ0n) is 14.5. The number of thiazole rings is 1. The lowest BCUT2D eigenvalue weighted by atomic mass is 10.0. The molecule has 0 saturated carbocycles. The van der Waals surface area contributed by atoms with E-state index in [1.165, 1.54) is 4.70 Å². The first-order chi connectivity index (χ1) is 12.6. The zero-order valence-corrected chi connectivity index (χ0v) is 15.3. The Balaban J connectivity index is 1.55. The van der Waals surface area contributed by atoms with Crippen molar-refractivity contribution in [2.75, 3.05) is 19.6 Å². The van der Waals surface area contributed by atoms with Gasteiger partial charge in [0.05, 0.1) is 15.2 Å². The van der Waals surface area contributed by atoms with E-state index in [1.807, 2.05) is 31.2 Å². The molecule has 5 nitrogen and oxygen atoms in total. The number of nitrogens with one attached hydrogen (secondary N) is 1. The molecule has 1 N–H and O–H groups in total. The lowest BCUT2D eigenvalue weighted by Crippen LogP contribution is -2.34. The minimum Gasteiger partial charge on any atom is -0.354 e. The van der Waals surface area contributed by atoms with Gasteiger partial charge in [-0.05, 0) is 42.3 Å². The van der Waals surface area contributed by atoms with Crippen molar-refractivity contribution >= 4 is 33.4 Å². The summed E-state index contributed by atoms with van der Waals surface area (Å²) in [5.41, 5.74) is 3.80. The average molecular weight is 365 g/mol. The highest BCUT2D eigenvalue weighted by atomic mass is 32.1. The molecule has 0 bridgehead atoms. The lowest BCUT2D eigenvalue weighted by molar-refractivity contribution is -0.120. The van der Waals surface area contributed by atoms with Crippen LogP contribution in [0.4, 0.5) is 0 Å². The number of hydrogen-bond acceptors (Lipinski definition) is 4. The van der Waals surface area contributed by atoms with E-state index in [-0.39, 0.29) is 11.8 Å². The van der Waals surface area contributed by atoms with Gasteiger partial charge in [0.15, 0.2) is 0 Å². The predicted molar refractivity (Wildman–Crippen MR) is 103 cm³/mol. The molecule has 1 aromatic heterocycles. The van der Waals surface area contributed by atoms with Gasteiger partial charge in [0.25, 0.3) is 5.91 Å². The molecule has 2 aromatic carbocycles. The largest absolute Gasteiger partial charge is 0.354 e. The second-order valence-corrected chi connectivity index (χ2v) is 7.62. The third-order valence-corrected chi connectivity index (χ3v) is 5.51. The Kier molecular flexibility index (Phi) is 4.42. The van der Waals surface area contributed by atoms with Crippen LogP contribution in [0.3, 0.4) is 0 Å². The molecule has 0 atom stereocenters. The van der Waals surface area contributed by atoms with Crippen molar-refractivity contribution in [3.05, 3.63) is 53.0 Å². The number of amides is 2. The summed E-state index contributed by atoms with van der Waals surface area (Å²) < 4.78 is 1.18. The van der Waals surface area contributed by atoms with Crippen molar-refractivity contribution < 1.29 is 9.59 Å². The van der Waals surface area contributed by atoms with Gasteiger partial charge in [-0.1, -0.05) is 18.2 Å². The third-order valence-electron chi connectivity index (χ3n) is 4.56. The fourth-order valence-electron chi connectivity index (χ4n) is 3.18. The molecule has 0 aliphatic carbocycles. The molecule has 0 unspecified atom stereocenters. The van der Waals surface area contributed by atoms with Gasteiger partial charge in [-0.2, -0.15) is 0 Å². The predicted octanol–water partition coefficient (Wildman–Crippen LogP) is 3.23. The first-order valence-electron chi connectivity index (χ1n) is 8.64. The molecule has 2 amide bonds. The summed E-state index contributed by atoms with van der Waals surface area (Å²) in [5.74, 6) is -0.0260. The molecule has 132 valence electrons. The maximum absolute atomic E-state index is 12.7. The SMILES string of the molecule is Cc1nc2cc(-c3ccc(C(=O)N4CCNC(=O)CC4)cc3)ccc2s1. The van der Waals surface area contributed by atoms with Crippen molar-refractivity contribution in [3.8, 4) is 11.1 Å². The van der Waals surface area contributed by atoms with Gasteiger partial charge in [0.1, 0.15) is 0 Å². The van der Waals surface area contributed by atoms with Crippen LogP contribution >= 0.6 is 11.3 Å². The van der Waals surface area contributed by atoms with Crippen LogP contribution in [0.25, 0.3) is 21.3 Å². The fraction of sp³-hybridized carbons (Fsp3) is 0.250. The van der Waals surface area contributed by atoms with Crippen molar-refractivity contribution in [2.45, 2.75) is 13.3 Å². The number of benzene rings is 2. The van der Waals surface area contributed by atoms with Crippen LogP contribution in [0, 0.1) is 6.92 Å². The lowest BCUT2D eigenvalue weighted by Gasteiger charge is -2.19. The summed E-state index contributed by atoms with van der Waals surface area (Å²) in [6.07, 6.45) is 0.358. The van der Waals surface area contributed by atoms with Gasteiger partial charge in [0, 0.05) is 31.6 Å². The Morgan fingerprint density at radius 1 is 1.12 bits per heavy atom. The number of hydrogen-bond donors (Lipinski definition) is 1. The van der Waals surface area contributed by atoms with Crippen LogP contribution in [0.2, 0.25) is 0 Å². The average Bonchev–Trinajstić information content (AvgIpc) is 2.89. The molecule has 6 heteroatoms. The standard InChI is InChI=1S/C20H19N3O2S/c1-13-22-17-12-16(6-7-18(17)26-13)14-2-4-15(5-3-14)20(25)23-10-8-19(24)21-9-11-23/h2-7,12H,8-11H2,1H3,(H,21,24). The molecule has 0 radical (unpaired) electrons. The molecule has 1 aliphatic heterocycles. The van der Waals surface area contributed by atoms with E-state index in [2.05, 4.69) is 28.5 Å². The van der Waals surface area contributed by atoms with E-state index in [1.54, 1.807) is 16.2 Å². The molecular formula is C20H19N3O2S. The van der Waals surface area contributed by atoms with Gasteiger partial charge in [-0.3, -0.25) is 9.59 Å².